The molecule has 1 aromatic carbocycles. The molecule has 1 aromatic heterocycles. The van der Waals surface area contributed by atoms with Crippen LogP contribution in [-0.4, -0.2) is 9.55 Å². The molecule has 0 spiro atoms. The quantitative estimate of drug-likeness (QED) is 0.901. The number of hydrogen-bond acceptors (Lipinski definition) is 2. The highest BCUT2D eigenvalue weighted by Crippen LogP contribution is 2.30. The lowest BCUT2D eigenvalue weighted by Gasteiger charge is -2.11. The van der Waals surface area contributed by atoms with Gasteiger partial charge in [-0.3, -0.25) is 0 Å². The molecule has 0 aliphatic carbocycles. The van der Waals surface area contributed by atoms with E-state index in [4.69, 9.17) is 0 Å². The summed E-state index contributed by atoms with van der Waals surface area (Å²) in [5, 5.41) is 2.98. The Morgan fingerprint density at radius 2 is 2.10 bits per heavy atom. The fourth-order valence-electron chi connectivity index (χ4n) is 1.94. The zero-order valence-corrected chi connectivity index (χ0v) is 11.1. The Hall–Kier alpha value is -1.98. The minimum absolute atomic E-state index is 0.397. The van der Waals surface area contributed by atoms with Gasteiger partial charge in [-0.25, -0.2) is 4.98 Å². The summed E-state index contributed by atoms with van der Waals surface area (Å²) in [7, 11) is 0. The molecule has 0 radical (unpaired) electrons. The maximum absolute atomic E-state index is 12.6. The van der Waals surface area contributed by atoms with Crippen molar-refractivity contribution in [2.45, 2.75) is 32.6 Å². The van der Waals surface area contributed by atoms with Crippen LogP contribution < -0.4 is 5.32 Å². The molecule has 0 aliphatic heterocycles. The smallest absolute Gasteiger partial charge is 0.378 e. The van der Waals surface area contributed by atoms with E-state index in [-0.39, 0.29) is 0 Å². The van der Waals surface area contributed by atoms with Crippen molar-refractivity contribution in [3.05, 3.63) is 48.0 Å². The van der Waals surface area contributed by atoms with Gasteiger partial charge in [0, 0.05) is 24.6 Å². The number of nitrogens with one attached hydrogen (secondary N) is 1. The van der Waals surface area contributed by atoms with Crippen molar-refractivity contribution in [3.8, 4) is 0 Å². The first-order valence-corrected chi connectivity index (χ1v) is 6.42. The first-order chi connectivity index (χ1) is 9.50. The zero-order chi connectivity index (χ0) is 14.6. The van der Waals surface area contributed by atoms with E-state index in [0.717, 1.165) is 30.9 Å². The lowest BCUT2D eigenvalue weighted by atomic mass is 10.2. The van der Waals surface area contributed by atoms with Gasteiger partial charge in [0.15, 0.2) is 0 Å². The van der Waals surface area contributed by atoms with Crippen LogP contribution in [0, 0.1) is 0 Å². The van der Waals surface area contributed by atoms with Gasteiger partial charge in [0.05, 0.1) is 12.1 Å². The Labute approximate surface area is 115 Å². The van der Waals surface area contributed by atoms with Crippen molar-refractivity contribution in [1.82, 2.24) is 9.55 Å². The molecule has 2 aromatic rings. The van der Waals surface area contributed by atoms with Crippen LogP contribution in [0.25, 0.3) is 0 Å². The predicted octanol–water partition coefficient (Wildman–Crippen LogP) is 3.92. The van der Waals surface area contributed by atoms with E-state index in [0.29, 0.717) is 12.2 Å². The Morgan fingerprint density at radius 3 is 2.80 bits per heavy atom. The van der Waals surface area contributed by atoms with E-state index in [1.165, 1.54) is 6.07 Å². The minimum Gasteiger partial charge on any atom is -0.378 e. The maximum atomic E-state index is 12.6. The summed E-state index contributed by atoms with van der Waals surface area (Å²) in [5.74, 6) is 0.810. The molecule has 1 heterocycles. The number of alkyl halides is 3. The third-order valence-electron chi connectivity index (χ3n) is 2.91. The van der Waals surface area contributed by atoms with Gasteiger partial charge in [0.25, 0.3) is 0 Å². The van der Waals surface area contributed by atoms with Crippen LogP contribution in [0.2, 0.25) is 0 Å². The Kier molecular flexibility index (Phi) is 4.32. The molecule has 0 amide bonds. The van der Waals surface area contributed by atoms with Crippen LogP contribution in [0.1, 0.15) is 24.7 Å². The fourth-order valence-corrected chi connectivity index (χ4v) is 1.94. The first kappa shape index (κ1) is 14.4. The van der Waals surface area contributed by atoms with E-state index in [1.807, 2.05) is 10.8 Å². The lowest BCUT2D eigenvalue weighted by molar-refractivity contribution is -0.137. The average Bonchev–Trinajstić information content (AvgIpc) is 2.84. The molecule has 2 rings (SSSR count). The highest BCUT2D eigenvalue weighted by molar-refractivity contribution is 5.46. The summed E-state index contributed by atoms with van der Waals surface area (Å²) in [4.78, 5) is 4.20. The summed E-state index contributed by atoms with van der Waals surface area (Å²) in [6.07, 6.45) is 0.219. The van der Waals surface area contributed by atoms with Gasteiger partial charge in [-0.1, -0.05) is 13.0 Å². The van der Waals surface area contributed by atoms with Gasteiger partial charge in [-0.05, 0) is 24.6 Å². The third kappa shape index (κ3) is 3.53. The maximum Gasteiger partial charge on any atom is 0.416 e. The molecule has 0 aliphatic rings. The number of anilines is 1. The monoisotopic (exact) mass is 283 g/mol. The Morgan fingerprint density at radius 1 is 1.30 bits per heavy atom. The van der Waals surface area contributed by atoms with Gasteiger partial charge in [0.2, 0.25) is 0 Å². The zero-order valence-electron chi connectivity index (χ0n) is 11.1. The number of halogens is 3. The highest BCUT2D eigenvalue weighted by atomic mass is 19.4. The van der Waals surface area contributed by atoms with E-state index in [9.17, 15) is 13.2 Å². The second-order valence-electron chi connectivity index (χ2n) is 4.47. The van der Waals surface area contributed by atoms with Crippen LogP contribution in [0.5, 0.6) is 0 Å². The average molecular weight is 283 g/mol. The molecule has 20 heavy (non-hydrogen) atoms. The standard InChI is InChI=1S/C14H16F3N3/c1-2-7-20-8-6-18-13(20)10-19-12-5-3-4-11(9-12)14(15,16)17/h3-6,8-9,19H,2,7,10H2,1H3. The van der Waals surface area contributed by atoms with E-state index < -0.39 is 11.7 Å². The van der Waals surface area contributed by atoms with Crippen molar-refractivity contribution < 1.29 is 13.2 Å². The van der Waals surface area contributed by atoms with Crippen LogP contribution in [0.3, 0.4) is 0 Å². The number of aryl methyl sites for hydroxylation is 1. The summed E-state index contributed by atoms with van der Waals surface area (Å²) in [6, 6.07) is 5.17. The minimum atomic E-state index is -4.32. The number of nitrogens with zero attached hydrogens (tertiary/aromatic N) is 2. The van der Waals surface area contributed by atoms with Crippen molar-refractivity contribution in [2.24, 2.45) is 0 Å². The molecular formula is C14H16F3N3. The normalized spacial score (nSPS) is 11.6. The molecular weight excluding hydrogens is 267 g/mol. The van der Waals surface area contributed by atoms with Crippen LogP contribution in [0.4, 0.5) is 18.9 Å². The summed E-state index contributed by atoms with van der Waals surface area (Å²) in [5.41, 5.74) is -0.217. The predicted molar refractivity (Wildman–Crippen MR) is 71.3 cm³/mol. The molecule has 0 unspecified atom stereocenters. The highest BCUT2D eigenvalue weighted by Gasteiger charge is 2.30. The summed E-state index contributed by atoms with van der Waals surface area (Å²) >= 11 is 0. The molecule has 0 bridgehead atoms. The Balaban J connectivity index is 2.05. The number of hydrogen-bond donors (Lipinski definition) is 1. The van der Waals surface area contributed by atoms with Crippen LogP contribution in [-0.2, 0) is 19.3 Å². The SMILES string of the molecule is CCCn1ccnc1CNc1cccc(C(F)(F)F)c1. The second kappa shape index (κ2) is 5.98. The van der Waals surface area contributed by atoms with Crippen LogP contribution in [0.15, 0.2) is 36.7 Å². The first-order valence-electron chi connectivity index (χ1n) is 6.42. The molecule has 0 fully saturated rings. The van der Waals surface area contributed by atoms with Crippen molar-refractivity contribution in [1.29, 1.82) is 0 Å². The lowest BCUT2D eigenvalue weighted by Crippen LogP contribution is -2.09. The molecule has 0 saturated carbocycles. The molecule has 1 N–H and O–H groups in total. The summed E-state index contributed by atoms with van der Waals surface area (Å²) in [6.45, 7) is 3.30. The molecule has 3 nitrogen and oxygen atoms in total. The van der Waals surface area contributed by atoms with E-state index >= 15 is 0 Å². The fraction of sp³-hybridized carbons (Fsp3) is 0.357. The van der Waals surface area contributed by atoms with Gasteiger partial charge in [-0.2, -0.15) is 13.2 Å². The molecule has 0 saturated heterocycles. The Bertz CT molecular complexity index is 561. The van der Waals surface area contributed by atoms with Crippen LogP contribution >= 0.6 is 0 Å². The number of benzene rings is 1. The van der Waals surface area contributed by atoms with E-state index in [2.05, 4.69) is 17.2 Å². The van der Waals surface area contributed by atoms with Crippen molar-refractivity contribution in [2.75, 3.05) is 5.32 Å². The molecule has 6 heteroatoms. The van der Waals surface area contributed by atoms with Crippen molar-refractivity contribution >= 4 is 5.69 Å². The second-order valence-corrected chi connectivity index (χ2v) is 4.47. The molecule has 0 atom stereocenters. The topological polar surface area (TPSA) is 29.9 Å². The third-order valence-corrected chi connectivity index (χ3v) is 2.91. The summed E-state index contributed by atoms with van der Waals surface area (Å²) < 4.78 is 39.8. The largest absolute Gasteiger partial charge is 0.416 e. The number of rotatable bonds is 5. The van der Waals surface area contributed by atoms with Gasteiger partial charge < -0.3 is 9.88 Å². The molecule has 108 valence electrons. The van der Waals surface area contributed by atoms with Gasteiger partial charge in [0.1, 0.15) is 5.82 Å². The van der Waals surface area contributed by atoms with Gasteiger partial charge >= 0.3 is 6.18 Å². The van der Waals surface area contributed by atoms with Gasteiger partial charge in [-0.15, -0.1) is 0 Å². The number of imidazole rings is 1. The van der Waals surface area contributed by atoms with E-state index in [1.54, 1.807) is 12.3 Å². The number of aromatic nitrogens is 2. The van der Waals surface area contributed by atoms with Crippen molar-refractivity contribution in [3.63, 3.8) is 0 Å².